The molecule has 0 aromatic rings. The van der Waals surface area contributed by atoms with Crippen molar-refractivity contribution in [3.8, 4) is 0 Å². The van der Waals surface area contributed by atoms with Gasteiger partial charge in [-0.25, -0.2) is 0 Å². The van der Waals surface area contributed by atoms with Gasteiger partial charge in [-0.3, -0.25) is 0 Å². The van der Waals surface area contributed by atoms with Gasteiger partial charge in [0.1, 0.15) is 6.10 Å². The van der Waals surface area contributed by atoms with Gasteiger partial charge in [0.25, 0.3) is 0 Å². The summed E-state index contributed by atoms with van der Waals surface area (Å²) in [6, 6.07) is 0. The molecule has 0 amide bonds. The van der Waals surface area contributed by atoms with Gasteiger partial charge in [0.05, 0.1) is 12.2 Å². The molecule has 5 atom stereocenters. The highest BCUT2D eigenvalue weighted by molar-refractivity contribution is 5.18. The van der Waals surface area contributed by atoms with Gasteiger partial charge in [0.2, 0.25) is 0 Å². The van der Waals surface area contributed by atoms with Crippen molar-refractivity contribution in [2.45, 2.75) is 84.8 Å². The van der Waals surface area contributed by atoms with Crippen LogP contribution in [0.1, 0.15) is 73.1 Å². The number of hydrogen-bond donors (Lipinski definition) is 3. The second kappa shape index (κ2) is 6.50. The van der Waals surface area contributed by atoms with Crippen molar-refractivity contribution >= 4 is 0 Å². The highest BCUT2D eigenvalue weighted by atomic mass is 16.4. The molecular weight excluding hydrogens is 288 g/mol. The van der Waals surface area contributed by atoms with Crippen molar-refractivity contribution in [2.75, 3.05) is 6.61 Å². The average molecular weight is 325 g/mol. The molecule has 0 bridgehead atoms. The molecule has 1 fully saturated rings. The van der Waals surface area contributed by atoms with Gasteiger partial charge in [-0.1, -0.05) is 38.8 Å². The van der Waals surface area contributed by atoms with Crippen LogP contribution >= 0.6 is 0 Å². The third-order valence-electron chi connectivity index (χ3n) is 7.13. The fourth-order valence-electron chi connectivity index (χ4n) is 5.49. The van der Waals surface area contributed by atoms with E-state index in [1.165, 1.54) is 31.3 Å². The van der Waals surface area contributed by atoms with Crippen LogP contribution in [-0.4, -0.2) is 33.6 Å². The Morgan fingerprint density at radius 1 is 1.30 bits per heavy atom. The fourth-order valence-corrected chi connectivity index (χ4v) is 5.49. The van der Waals surface area contributed by atoms with Crippen molar-refractivity contribution in [3.05, 3.63) is 11.6 Å². The molecule has 0 radical (unpaired) electrons. The van der Waals surface area contributed by atoms with Crippen LogP contribution in [0, 0.1) is 22.7 Å². The third-order valence-corrected chi connectivity index (χ3v) is 7.13. The molecule has 0 aromatic heterocycles. The standard InChI is InChI=1S/C20H36O3/c1-14-7-8-16-18(2,3)10-6-11-19(16,4)15(14)9-12-20(5,23)17(22)13-21/h7,15-17,21-23H,6,8-13H2,1-5H3/t15-,16-,17-,19+,20+/m1/s1. The lowest BCUT2D eigenvalue weighted by molar-refractivity contribution is -0.0971. The van der Waals surface area contributed by atoms with Gasteiger partial charge in [0, 0.05) is 0 Å². The van der Waals surface area contributed by atoms with Crippen molar-refractivity contribution in [1.29, 1.82) is 0 Å². The quantitative estimate of drug-likeness (QED) is 0.676. The van der Waals surface area contributed by atoms with Gasteiger partial charge in [-0.05, 0) is 68.6 Å². The maximum absolute atomic E-state index is 10.5. The lowest BCUT2D eigenvalue weighted by Crippen LogP contribution is -2.49. The number of rotatable bonds is 5. The molecule has 0 aromatic carbocycles. The summed E-state index contributed by atoms with van der Waals surface area (Å²) in [5.41, 5.74) is 0.870. The summed E-state index contributed by atoms with van der Waals surface area (Å²) in [5.74, 6) is 1.14. The molecule has 0 spiro atoms. The van der Waals surface area contributed by atoms with E-state index in [1.807, 2.05) is 0 Å². The van der Waals surface area contributed by atoms with E-state index < -0.39 is 11.7 Å². The molecule has 1 saturated carbocycles. The van der Waals surface area contributed by atoms with E-state index >= 15 is 0 Å². The van der Waals surface area contributed by atoms with E-state index in [0.717, 1.165) is 6.42 Å². The van der Waals surface area contributed by atoms with Crippen molar-refractivity contribution in [3.63, 3.8) is 0 Å². The summed E-state index contributed by atoms with van der Waals surface area (Å²) in [7, 11) is 0. The maximum Gasteiger partial charge on any atom is 0.105 e. The van der Waals surface area contributed by atoms with Crippen molar-refractivity contribution in [1.82, 2.24) is 0 Å². The first-order valence-electron chi connectivity index (χ1n) is 9.22. The second-order valence-electron chi connectivity index (χ2n) is 9.23. The number of aliphatic hydroxyl groups is 3. The monoisotopic (exact) mass is 324 g/mol. The van der Waals surface area contributed by atoms with Crippen LogP contribution in [-0.2, 0) is 0 Å². The molecule has 2 rings (SSSR count). The number of fused-ring (bicyclic) bond motifs is 1. The lowest BCUT2D eigenvalue weighted by atomic mass is 9.48. The van der Waals surface area contributed by atoms with Crippen LogP contribution in [0.5, 0.6) is 0 Å². The van der Waals surface area contributed by atoms with Crippen LogP contribution in [0.3, 0.4) is 0 Å². The first-order chi connectivity index (χ1) is 10.5. The Labute approximate surface area is 141 Å². The zero-order chi connectivity index (χ0) is 17.5. The van der Waals surface area contributed by atoms with Gasteiger partial charge in [0.15, 0.2) is 0 Å². The Bertz CT molecular complexity index is 452. The van der Waals surface area contributed by atoms with Crippen LogP contribution in [0.25, 0.3) is 0 Å². The van der Waals surface area contributed by atoms with E-state index in [2.05, 4.69) is 33.8 Å². The maximum atomic E-state index is 10.5. The van der Waals surface area contributed by atoms with Gasteiger partial charge in [-0.15, -0.1) is 0 Å². The molecule has 3 nitrogen and oxygen atoms in total. The predicted molar refractivity (Wildman–Crippen MR) is 94.0 cm³/mol. The Hall–Kier alpha value is -0.380. The summed E-state index contributed by atoms with van der Waals surface area (Å²) in [5, 5.41) is 29.4. The van der Waals surface area contributed by atoms with Crippen LogP contribution in [0.2, 0.25) is 0 Å². The SMILES string of the molecule is CC1=CC[C@@H]2C(C)(C)CCC[C@@]2(C)[C@@H]1CC[C@](C)(O)[C@H](O)CO. The molecule has 2 aliphatic rings. The molecular formula is C20H36O3. The fraction of sp³-hybridized carbons (Fsp3) is 0.900. The van der Waals surface area contributed by atoms with Crippen molar-refractivity contribution in [2.24, 2.45) is 22.7 Å². The minimum absolute atomic E-state index is 0.279. The first kappa shape index (κ1) is 19.0. The van der Waals surface area contributed by atoms with Crippen LogP contribution in [0.15, 0.2) is 11.6 Å². The summed E-state index contributed by atoms with van der Waals surface area (Å²) in [6.07, 6.45) is 7.72. The summed E-state index contributed by atoms with van der Waals surface area (Å²) < 4.78 is 0. The molecule has 3 N–H and O–H groups in total. The zero-order valence-corrected chi connectivity index (χ0v) is 15.6. The highest BCUT2D eigenvalue weighted by Gasteiger charge is 2.51. The number of allylic oxidation sites excluding steroid dienone is 2. The summed E-state index contributed by atoms with van der Waals surface area (Å²) in [6.45, 7) is 10.7. The van der Waals surface area contributed by atoms with Gasteiger partial charge >= 0.3 is 0 Å². The Morgan fingerprint density at radius 2 is 1.96 bits per heavy atom. The lowest BCUT2D eigenvalue weighted by Gasteiger charge is -2.57. The molecule has 0 unspecified atom stereocenters. The summed E-state index contributed by atoms with van der Waals surface area (Å²) in [4.78, 5) is 0. The van der Waals surface area contributed by atoms with Crippen LogP contribution in [0.4, 0.5) is 0 Å². The topological polar surface area (TPSA) is 60.7 Å². The van der Waals surface area contributed by atoms with E-state index in [9.17, 15) is 10.2 Å². The van der Waals surface area contributed by atoms with Crippen molar-refractivity contribution < 1.29 is 15.3 Å². The minimum atomic E-state index is -1.22. The second-order valence-corrected chi connectivity index (χ2v) is 9.23. The zero-order valence-electron chi connectivity index (χ0n) is 15.6. The van der Waals surface area contributed by atoms with Crippen LogP contribution < -0.4 is 0 Å². The smallest absolute Gasteiger partial charge is 0.105 e. The van der Waals surface area contributed by atoms with E-state index in [4.69, 9.17) is 5.11 Å². The Kier molecular flexibility index (Phi) is 5.35. The molecule has 23 heavy (non-hydrogen) atoms. The molecule has 3 heteroatoms. The molecule has 0 aliphatic heterocycles. The Morgan fingerprint density at radius 3 is 2.57 bits per heavy atom. The number of aliphatic hydroxyl groups excluding tert-OH is 2. The molecule has 0 saturated heterocycles. The molecule has 134 valence electrons. The van der Waals surface area contributed by atoms with Gasteiger partial charge in [-0.2, -0.15) is 0 Å². The molecule has 0 heterocycles. The van der Waals surface area contributed by atoms with Gasteiger partial charge < -0.3 is 15.3 Å². The van der Waals surface area contributed by atoms with E-state index in [0.29, 0.717) is 23.7 Å². The average Bonchev–Trinajstić information content (AvgIpc) is 2.44. The van der Waals surface area contributed by atoms with E-state index in [1.54, 1.807) is 6.92 Å². The molecule has 2 aliphatic carbocycles. The van der Waals surface area contributed by atoms with E-state index in [-0.39, 0.29) is 12.0 Å². The Balaban J connectivity index is 2.20. The predicted octanol–water partition coefficient (Wildman–Crippen LogP) is 3.67. The number of hydrogen-bond acceptors (Lipinski definition) is 3. The normalized spacial score (nSPS) is 37.5. The summed E-state index contributed by atoms with van der Waals surface area (Å²) >= 11 is 0. The largest absolute Gasteiger partial charge is 0.394 e. The third kappa shape index (κ3) is 3.52. The first-order valence-corrected chi connectivity index (χ1v) is 9.22. The highest BCUT2D eigenvalue weighted by Crippen LogP contribution is 2.60. The minimum Gasteiger partial charge on any atom is -0.394 e.